The van der Waals surface area contributed by atoms with Crippen LogP contribution in [0.3, 0.4) is 0 Å². The Morgan fingerprint density at radius 2 is 2.35 bits per heavy atom. The molecule has 1 aromatic carbocycles. The van der Waals surface area contributed by atoms with Crippen molar-refractivity contribution < 1.29 is 9.53 Å². The molecule has 0 radical (unpaired) electrons. The van der Waals surface area contributed by atoms with Gasteiger partial charge in [0.05, 0.1) is 6.61 Å². The van der Waals surface area contributed by atoms with Crippen LogP contribution in [0, 0.1) is 0 Å². The fourth-order valence-corrected chi connectivity index (χ4v) is 1.97. The molecule has 4 nitrogen and oxygen atoms in total. The van der Waals surface area contributed by atoms with E-state index in [0.717, 1.165) is 38.3 Å². The van der Waals surface area contributed by atoms with E-state index in [1.165, 1.54) is 11.1 Å². The molecule has 0 atom stereocenters. The second-order valence-electron chi connectivity index (χ2n) is 4.29. The molecular formula is C13H18N2O2. The van der Waals surface area contributed by atoms with Crippen molar-refractivity contribution >= 4 is 5.91 Å². The van der Waals surface area contributed by atoms with Crippen molar-refractivity contribution in [2.45, 2.75) is 25.8 Å². The van der Waals surface area contributed by atoms with Crippen LogP contribution in [-0.4, -0.2) is 19.1 Å². The van der Waals surface area contributed by atoms with Gasteiger partial charge in [-0.2, -0.15) is 0 Å². The lowest BCUT2D eigenvalue weighted by Crippen LogP contribution is -2.18. The first-order chi connectivity index (χ1) is 8.25. The first-order valence-electron chi connectivity index (χ1n) is 5.99. The van der Waals surface area contributed by atoms with E-state index in [9.17, 15) is 4.79 Å². The smallest absolute Gasteiger partial charge is 0.217 e. The van der Waals surface area contributed by atoms with E-state index in [0.29, 0.717) is 6.42 Å². The molecule has 0 unspecified atom stereocenters. The highest BCUT2D eigenvalue weighted by atomic mass is 16.5. The Labute approximate surface area is 101 Å². The number of nitrogens with one attached hydrogen (secondary N) is 1. The second-order valence-corrected chi connectivity index (χ2v) is 4.29. The molecule has 0 spiro atoms. The number of fused-ring (bicyclic) bond motifs is 1. The summed E-state index contributed by atoms with van der Waals surface area (Å²) < 4.78 is 5.45. The normalized spacial score (nSPS) is 13.2. The molecule has 92 valence electrons. The summed E-state index contributed by atoms with van der Waals surface area (Å²) >= 11 is 0. The zero-order chi connectivity index (χ0) is 12.1. The minimum atomic E-state index is -0.235. The van der Waals surface area contributed by atoms with Crippen LogP contribution in [0.1, 0.15) is 24.0 Å². The van der Waals surface area contributed by atoms with Gasteiger partial charge in [0.1, 0.15) is 5.75 Å². The molecule has 0 aromatic heterocycles. The Morgan fingerprint density at radius 1 is 1.47 bits per heavy atom. The number of rotatable bonds is 6. The van der Waals surface area contributed by atoms with Crippen LogP contribution in [0.25, 0.3) is 0 Å². The molecule has 1 aliphatic rings. The van der Waals surface area contributed by atoms with Crippen LogP contribution in [0.15, 0.2) is 18.2 Å². The molecule has 2 rings (SSSR count). The molecule has 1 aliphatic heterocycles. The predicted molar refractivity (Wildman–Crippen MR) is 65.8 cm³/mol. The molecule has 1 aromatic rings. The summed E-state index contributed by atoms with van der Waals surface area (Å²) in [5, 5.41) is 3.30. The molecule has 0 saturated carbocycles. The van der Waals surface area contributed by atoms with Crippen LogP contribution in [0.5, 0.6) is 5.75 Å². The van der Waals surface area contributed by atoms with E-state index in [-0.39, 0.29) is 5.91 Å². The fraction of sp³-hybridized carbons (Fsp3) is 0.462. The number of hydrogen-bond donors (Lipinski definition) is 2. The Balaban J connectivity index is 1.74. The molecule has 3 N–H and O–H groups in total. The maximum atomic E-state index is 10.5. The highest BCUT2D eigenvalue weighted by Crippen LogP contribution is 2.25. The molecule has 0 bridgehead atoms. The summed E-state index contributed by atoms with van der Waals surface area (Å²) in [5.74, 6) is 0.781. The Kier molecular flexibility index (Phi) is 3.98. The fourth-order valence-electron chi connectivity index (χ4n) is 1.97. The van der Waals surface area contributed by atoms with Gasteiger partial charge in [0.15, 0.2) is 0 Å². The Bertz CT molecular complexity index is 404. The van der Waals surface area contributed by atoms with E-state index in [2.05, 4.69) is 17.4 Å². The maximum absolute atomic E-state index is 10.5. The van der Waals surface area contributed by atoms with Crippen molar-refractivity contribution in [3.8, 4) is 5.75 Å². The zero-order valence-corrected chi connectivity index (χ0v) is 9.87. The molecule has 0 fully saturated rings. The summed E-state index contributed by atoms with van der Waals surface area (Å²) in [4.78, 5) is 10.5. The van der Waals surface area contributed by atoms with E-state index >= 15 is 0 Å². The van der Waals surface area contributed by atoms with Gasteiger partial charge < -0.3 is 15.8 Å². The Hall–Kier alpha value is -1.55. The molecule has 0 saturated heterocycles. The number of ether oxygens (including phenoxy) is 1. The quantitative estimate of drug-likeness (QED) is 0.721. The van der Waals surface area contributed by atoms with Crippen LogP contribution in [0.2, 0.25) is 0 Å². The average Bonchev–Trinajstić information content (AvgIpc) is 2.75. The number of carbonyl (C=O) groups is 1. The van der Waals surface area contributed by atoms with E-state index in [1.807, 2.05) is 6.07 Å². The molecular weight excluding hydrogens is 216 g/mol. The lowest BCUT2D eigenvalue weighted by atomic mass is 10.1. The van der Waals surface area contributed by atoms with Crippen molar-refractivity contribution in [1.82, 2.24) is 5.32 Å². The van der Waals surface area contributed by atoms with Crippen LogP contribution in [-0.2, 0) is 17.8 Å². The van der Waals surface area contributed by atoms with Gasteiger partial charge in [-0.1, -0.05) is 12.1 Å². The van der Waals surface area contributed by atoms with Gasteiger partial charge in [-0.3, -0.25) is 4.79 Å². The van der Waals surface area contributed by atoms with E-state index in [1.54, 1.807) is 0 Å². The summed E-state index contributed by atoms with van der Waals surface area (Å²) in [7, 11) is 0. The third-order valence-electron chi connectivity index (χ3n) is 2.86. The average molecular weight is 234 g/mol. The second kappa shape index (κ2) is 5.68. The maximum Gasteiger partial charge on any atom is 0.217 e. The minimum Gasteiger partial charge on any atom is -0.493 e. The van der Waals surface area contributed by atoms with Gasteiger partial charge in [-0.25, -0.2) is 0 Å². The SMILES string of the molecule is NC(=O)CCCNCc1ccc2c(c1)CCO2. The number of primary amides is 1. The van der Waals surface area contributed by atoms with Crippen molar-refractivity contribution in [3.05, 3.63) is 29.3 Å². The van der Waals surface area contributed by atoms with Crippen molar-refractivity contribution in [1.29, 1.82) is 0 Å². The zero-order valence-electron chi connectivity index (χ0n) is 9.87. The van der Waals surface area contributed by atoms with Crippen molar-refractivity contribution in [2.75, 3.05) is 13.2 Å². The molecule has 17 heavy (non-hydrogen) atoms. The number of amides is 1. The lowest BCUT2D eigenvalue weighted by Gasteiger charge is -2.06. The monoisotopic (exact) mass is 234 g/mol. The third-order valence-corrected chi connectivity index (χ3v) is 2.86. The highest BCUT2D eigenvalue weighted by Gasteiger charge is 2.11. The predicted octanol–water partition coefficient (Wildman–Crippen LogP) is 0.977. The highest BCUT2D eigenvalue weighted by molar-refractivity contribution is 5.73. The van der Waals surface area contributed by atoms with E-state index < -0.39 is 0 Å². The van der Waals surface area contributed by atoms with Gasteiger partial charge in [-0.05, 0) is 30.2 Å². The summed E-state index contributed by atoms with van der Waals surface area (Å²) in [6.45, 7) is 2.44. The summed E-state index contributed by atoms with van der Waals surface area (Å²) in [6, 6.07) is 6.29. The van der Waals surface area contributed by atoms with Crippen molar-refractivity contribution in [3.63, 3.8) is 0 Å². The molecule has 0 aliphatic carbocycles. The molecule has 1 heterocycles. The standard InChI is InChI=1S/C13H18N2O2/c14-13(16)2-1-6-15-9-10-3-4-12-11(8-10)5-7-17-12/h3-4,8,15H,1-2,5-7,9H2,(H2,14,16). The van der Waals surface area contributed by atoms with Crippen LogP contribution in [0.4, 0.5) is 0 Å². The van der Waals surface area contributed by atoms with Crippen molar-refractivity contribution in [2.24, 2.45) is 5.73 Å². The number of nitrogens with two attached hydrogens (primary N) is 1. The van der Waals surface area contributed by atoms with Crippen LogP contribution < -0.4 is 15.8 Å². The molecule has 4 heteroatoms. The lowest BCUT2D eigenvalue weighted by molar-refractivity contribution is -0.118. The third kappa shape index (κ3) is 3.46. The van der Waals surface area contributed by atoms with Gasteiger partial charge in [-0.15, -0.1) is 0 Å². The van der Waals surface area contributed by atoms with Gasteiger partial charge in [0, 0.05) is 19.4 Å². The van der Waals surface area contributed by atoms with E-state index in [4.69, 9.17) is 10.5 Å². The summed E-state index contributed by atoms with van der Waals surface area (Å²) in [6.07, 6.45) is 2.25. The molecule has 1 amide bonds. The number of carbonyl (C=O) groups excluding carboxylic acids is 1. The van der Waals surface area contributed by atoms with Gasteiger partial charge in [0.2, 0.25) is 5.91 Å². The topological polar surface area (TPSA) is 64.4 Å². The minimum absolute atomic E-state index is 0.235. The first-order valence-corrected chi connectivity index (χ1v) is 5.99. The summed E-state index contributed by atoms with van der Waals surface area (Å²) in [5.41, 5.74) is 7.62. The van der Waals surface area contributed by atoms with Gasteiger partial charge in [0.25, 0.3) is 0 Å². The largest absolute Gasteiger partial charge is 0.493 e. The number of hydrogen-bond acceptors (Lipinski definition) is 3. The Morgan fingerprint density at radius 3 is 3.18 bits per heavy atom. The number of benzene rings is 1. The first kappa shape index (κ1) is 11.9. The van der Waals surface area contributed by atoms with Gasteiger partial charge >= 0.3 is 0 Å². The van der Waals surface area contributed by atoms with Crippen LogP contribution >= 0.6 is 0 Å².